The molecule has 0 unspecified atom stereocenters. The highest BCUT2D eigenvalue weighted by Crippen LogP contribution is 2.39. The largest absolute Gasteiger partial charge is 0.433 e. The van der Waals surface area contributed by atoms with Crippen LogP contribution in [-0.4, -0.2) is 16.1 Å². The Labute approximate surface area is 158 Å². The van der Waals surface area contributed by atoms with Crippen molar-refractivity contribution in [1.82, 2.24) is 4.98 Å². The van der Waals surface area contributed by atoms with E-state index in [9.17, 15) is 10.1 Å². The normalized spacial score (nSPS) is 11.1. The van der Waals surface area contributed by atoms with Crippen LogP contribution in [0.15, 0.2) is 82.2 Å². The van der Waals surface area contributed by atoms with Gasteiger partial charge in [0.2, 0.25) is 5.13 Å². The Balaban J connectivity index is 1.72. The van der Waals surface area contributed by atoms with Crippen molar-refractivity contribution in [3.8, 4) is 21.7 Å². The van der Waals surface area contributed by atoms with Gasteiger partial charge in [0.25, 0.3) is 0 Å². The molecule has 2 heterocycles. The molecule has 0 amide bonds. The van der Waals surface area contributed by atoms with Crippen molar-refractivity contribution in [3.63, 3.8) is 0 Å². The number of nitrogens with zero attached hydrogens (tertiary/aromatic N) is 3. The highest BCUT2D eigenvalue weighted by atomic mass is 32.1. The van der Waals surface area contributed by atoms with Gasteiger partial charge < -0.3 is 4.42 Å². The summed E-state index contributed by atoms with van der Waals surface area (Å²) in [5.41, 5.74) is 2.91. The average molecular weight is 375 g/mol. The Kier molecular flexibility index (Phi) is 4.59. The van der Waals surface area contributed by atoms with E-state index in [0.717, 1.165) is 21.7 Å². The second-order valence-corrected chi connectivity index (χ2v) is 6.58. The molecular formula is C20H13N3O3S. The first kappa shape index (κ1) is 16.9. The quantitative estimate of drug-likeness (QED) is 0.253. The van der Waals surface area contributed by atoms with E-state index < -0.39 is 4.92 Å². The number of hydrogen-bond donors (Lipinski definition) is 0. The predicted molar refractivity (Wildman–Crippen MR) is 106 cm³/mol. The van der Waals surface area contributed by atoms with Crippen LogP contribution in [0.25, 0.3) is 21.7 Å². The first-order valence-electron chi connectivity index (χ1n) is 8.10. The summed E-state index contributed by atoms with van der Waals surface area (Å²) in [7, 11) is 0. The summed E-state index contributed by atoms with van der Waals surface area (Å²) < 4.78 is 5.10. The fourth-order valence-corrected chi connectivity index (χ4v) is 3.51. The van der Waals surface area contributed by atoms with Gasteiger partial charge in [-0.15, -0.1) is 0 Å². The number of aliphatic imine (C=N–C) groups is 1. The molecule has 132 valence electrons. The molecule has 2 aromatic carbocycles. The minimum Gasteiger partial charge on any atom is -0.400 e. The standard InChI is InChI=1S/C20H13N3O3S/c24-23(25)17-12-11-16(26-17)13-21-20-22-18(14-7-3-1-4-8-14)19(27-20)15-9-5-2-6-10-15/h1-13H. The zero-order chi connectivity index (χ0) is 18.6. The van der Waals surface area contributed by atoms with E-state index >= 15 is 0 Å². The number of aromatic nitrogens is 1. The van der Waals surface area contributed by atoms with Crippen molar-refractivity contribution in [3.05, 3.63) is 88.7 Å². The maximum atomic E-state index is 10.7. The van der Waals surface area contributed by atoms with E-state index in [2.05, 4.69) is 9.98 Å². The number of benzene rings is 2. The lowest BCUT2D eigenvalue weighted by Crippen LogP contribution is -1.83. The molecule has 0 N–H and O–H groups in total. The van der Waals surface area contributed by atoms with Crippen LogP contribution in [0, 0.1) is 10.1 Å². The van der Waals surface area contributed by atoms with Crippen molar-refractivity contribution in [2.24, 2.45) is 4.99 Å². The molecule has 2 aromatic heterocycles. The maximum Gasteiger partial charge on any atom is 0.433 e. The van der Waals surface area contributed by atoms with Gasteiger partial charge in [0, 0.05) is 5.56 Å². The second kappa shape index (κ2) is 7.35. The van der Waals surface area contributed by atoms with Gasteiger partial charge in [0.15, 0.2) is 5.76 Å². The van der Waals surface area contributed by atoms with Crippen molar-refractivity contribution < 1.29 is 9.34 Å². The molecule has 0 aliphatic heterocycles. The van der Waals surface area contributed by atoms with Crippen molar-refractivity contribution in [2.75, 3.05) is 0 Å². The molecule has 4 aromatic rings. The molecule has 0 atom stereocenters. The summed E-state index contributed by atoms with van der Waals surface area (Å²) in [5.74, 6) is -0.00930. The van der Waals surface area contributed by atoms with Crippen molar-refractivity contribution in [1.29, 1.82) is 0 Å². The van der Waals surface area contributed by atoms with Gasteiger partial charge in [-0.2, -0.15) is 0 Å². The summed E-state index contributed by atoms with van der Waals surface area (Å²) in [4.78, 5) is 20.1. The van der Waals surface area contributed by atoms with Crippen LogP contribution in [-0.2, 0) is 0 Å². The molecule has 0 aliphatic rings. The highest BCUT2D eigenvalue weighted by molar-refractivity contribution is 7.19. The molecule has 0 saturated heterocycles. The van der Waals surface area contributed by atoms with Gasteiger partial charge in [-0.25, -0.2) is 9.98 Å². The number of rotatable bonds is 5. The number of thiazole rings is 1. The lowest BCUT2D eigenvalue weighted by molar-refractivity contribution is -0.402. The lowest BCUT2D eigenvalue weighted by Gasteiger charge is -2.02. The van der Waals surface area contributed by atoms with Gasteiger partial charge in [-0.1, -0.05) is 72.0 Å². The second-order valence-electron chi connectivity index (χ2n) is 5.60. The van der Waals surface area contributed by atoms with E-state index in [1.165, 1.54) is 29.7 Å². The van der Waals surface area contributed by atoms with Gasteiger partial charge >= 0.3 is 5.88 Å². The van der Waals surface area contributed by atoms with Crippen LogP contribution in [0.5, 0.6) is 0 Å². The molecule has 7 heteroatoms. The summed E-state index contributed by atoms with van der Waals surface area (Å²) in [6.45, 7) is 0. The van der Waals surface area contributed by atoms with Gasteiger partial charge in [-0.05, 0) is 11.6 Å². The fourth-order valence-electron chi connectivity index (χ4n) is 2.57. The third-order valence-electron chi connectivity index (χ3n) is 3.79. The van der Waals surface area contributed by atoms with Gasteiger partial charge in [0.05, 0.1) is 22.9 Å². The Morgan fingerprint density at radius 3 is 2.26 bits per heavy atom. The van der Waals surface area contributed by atoms with E-state index in [0.29, 0.717) is 10.9 Å². The molecule has 0 radical (unpaired) electrons. The Hall–Kier alpha value is -3.58. The maximum absolute atomic E-state index is 10.7. The summed E-state index contributed by atoms with van der Waals surface area (Å²) >= 11 is 1.46. The predicted octanol–water partition coefficient (Wildman–Crippen LogP) is 5.73. The Morgan fingerprint density at radius 1 is 0.963 bits per heavy atom. The monoisotopic (exact) mass is 375 g/mol. The van der Waals surface area contributed by atoms with Crippen molar-refractivity contribution in [2.45, 2.75) is 0 Å². The highest BCUT2D eigenvalue weighted by Gasteiger charge is 2.15. The molecule has 6 nitrogen and oxygen atoms in total. The minimum atomic E-state index is -0.582. The molecule has 4 rings (SSSR count). The summed E-state index contributed by atoms with van der Waals surface area (Å²) in [6.07, 6.45) is 1.44. The Bertz CT molecular complexity index is 1040. The summed E-state index contributed by atoms with van der Waals surface area (Å²) in [5, 5.41) is 11.3. The number of hydrogen-bond acceptors (Lipinski definition) is 6. The van der Waals surface area contributed by atoms with Crippen LogP contribution in [0.2, 0.25) is 0 Å². The molecular weight excluding hydrogens is 362 g/mol. The zero-order valence-electron chi connectivity index (χ0n) is 14.0. The first-order chi connectivity index (χ1) is 13.2. The average Bonchev–Trinajstić information content (AvgIpc) is 3.35. The molecule has 0 spiro atoms. The topological polar surface area (TPSA) is 81.5 Å². The molecule has 0 aliphatic carbocycles. The van der Waals surface area contributed by atoms with Crippen LogP contribution in [0.1, 0.15) is 5.76 Å². The zero-order valence-corrected chi connectivity index (χ0v) is 14.8. The van der Waals surface area contributed by atoms with E-state index in [4.69, 9.17) is 4.42 Å². The van der Waals surface area contributed by atoms with Gasteiger partial charge in [0.1, 0.15) is 4.92 Å². The fraction of sp³-hybridized carbons (Fsp3) is 0. The van der Waals surface area contributed by atoms with E-state index in [1.807, 2.05) is 60.7 Å². The van der Waals surface area contributed by atoms with E-state index in [1.54, 1.807) is 0 Å². The molecule has 0 saturated carbocycles. The number of nitro groups is 1. The Morgan fingerprint density at radius 2 is 1.63 bits per heavy atom. The first-order valence-corrected chi connectivity index (χ1v) is 8.92. The third-order valence-corrected chi connectivity index (χ3v) is 4.81. The van der Waals surface area contributed by atoms with Crippen LogP contribution < -0.4 is 0 Å². The van der Waals surface area contributed by atoms with Gasteiger partial charge in [-0.3, -0.25) is 10.1 Å². The van der Waals surface area contributed by atoms with E-state index in [-0.39, 0.29) is 5.88 Å². The van der Waals surface area contributed by atoms with Crippen LogP contribution in [0.4, 0.5) is 11.0 Å². The molecule has 27 heavy (non-hydrogen) atoms. The van der Waals surface area contributed by atoms with Crippen LogP contribution >= 0.6 is 11.3 Å². The van der Waals surface area contributed by atoms with Crippen molar-refractivity contribution >= 4 is 28.6 Å². The van der Waals surface area contributed by atoms with Crippen LogP contribution in [0.3, 0.4) is 0 Å². The minimum absolute atomic E-state index is 0.305. The summed E-state index contributed by atoms with van der Waals surface area (Å²) in [6, 6.07) is 22.7. The number of furan rings is 1. The smallest absolute Gasteiger partial charge is 0.400 e. The molecule has 0 bridgehead atoms. The lowest BCUT2D eigenvalue weighted by atomic mass is 10.1. The SMILES string of the molecule is O=[N+]([O-])c1ccc(C=Nc2nc(-c3ccccc3)c(-c3ccccc3)s2)o1. The molecule has 0 fully saturated rings. The third kappa shape index (κ3) is 3.68.